The van der Waals surface area contributed by atoms with Gasteiger partial charge >= 0.3 is 0 Å². The van der Waals surface area contributed by atoms with E-state index >= 15 is 0 Å². The van der Waals surface area contributed by atoms with Gasteiger partial charge in [-0.3, -0.25) is 9.89 Å². The van der Waals surface area contributed by atoms with E-state index in [1.807, 2.05) is 18.4 Å². The van der Waals surface area contributed by atoms with Crippen molar-refractivity contribution in [1.82, 2.24) is 20.5 Å². The van der Waals surface area contributed by atoms with E-state index in [4.69, 9.17) is 0 Å². The standard InChI is InChI=1S/C18H27N5S2/c1-13(2)15-12-25-17(22-15)10-21-18(19-3)20-6-8-23-7-4-16-14(11-23)5-9-24-16/h5,9,12-13H,4,6-8,10-11H2,1-3H3,(H2,19,20,21). The first-order valence-electron chi connectivity index (χ1n) is 8.82. The van der Waals surface area contributed by atoms with Gasteiger partial charge in [-0.1, -0.05) is 13.8 Å². The van der Waals surface area contributed by atoms with Crippen molar-refractivity contribution in [2.24, 2.45) is 4.99 Å². The highest BCUT2D eigenvalue weighted by molar-refractivity contribution is 7.10. The quantitative estimate of drug-likeness (QED) is 0.600. The molecular formula is C18H27N5S2. The van der Waals surface area contributed by atoms with E-state index < -0.39 is 0 Å². The van der Waals surface area contributed by atoms with Crippen molar-refractivity contribution in [3.05, 3.63) is 38.0 Å². The number of aromatic nitrogens is 1. The minimum absolute atomic E-state index is 0.482. The monoisotopic (exact) mass is 377 g/mol. The summed E-state index contributed by atoms with van der Waals surface area (Å²) in [7, 11) is 1.81. The zero-order valence-electron chi connectivity index (χ0n) is 15.2. The van der Waals surface area contributed by atoms with Gasteiger partial charge in [0.25, 0.3) is 0 Å². The molecule has 0 unspecified atom stereocenters. The van der Waals surface area contributed by atoms with Crippen LogP contribution in [0.4, 0.5) is 0 Å². The highest BCUT2D eigenvalue weighted by Gasteiger charge is 2.16. The Hall–Kier alpha value is -1.44. The summed E-state index contributed by atoms with van der Waals surface area (Å²) < 4.78 is 0. The third kappa shape index (κ3) is 5.03. The maximum atomic E-state index is 4.65. The topological polar surface area (TPSA) is 52.6 Å². The van der Waals surface area contributed by atoms with Gasteiger partial charge in [-0.2, -0.15) is 0 Å². The fourth-order valence-corrected chi connectivity index (χ4v) is 4.67. The van der Waals surface area contributed by atoms with Crippen molar-refractivity contribution >= 4 is 28.6 Å². The number of aliphatic imine (C=N–C) groups is 1. The summed E-state index contributed by atoms with van der Waals surface area (Å²) >= 11 is 3.60. The van der Waals surface area contributed by atoms with Crippen LogP contribution in [-0.2, 0) is 19.5 Å². The second-order valence-corrected chi connectivity index (χ2v) is 8.51. The molecule has 136 valence electrons. The van der Waals surface area contributed by atoms with Crippen molar-refractivity contribution in [1.29, 1.82) is 0 Å². The lowest BCUT2D eigenvalue weighted by Gasteiger charge is -2.27. The Balaban J connectivity index is 1.39. The molecule has 1 aliphatic heterocycles. The van der Waals surface area contributed by atoms with Crippen LogP contribution in [0.15, 0.2) is 21.8 Å². The molecule has 0 saturated heterocycles. The molecule has 0 spiro atoms. The molecule has 3 heterocycles. The molecule has 5 nitrogen and oxygen atoms in total. The Bertz CT molecular complexity index is 704. The molecule has 0 aliphatic carbocycles. The van der Waals surface area contributed by atoms with Gasteiger partial charge in [0.15, 0.2) is 5.96 Å². The maximum Gasteiger partial charge on any atom is 0.191 e. The number of fused-ring (bicyclic) bond motifs is 1. The van der Waals surface area contributed by atoms with Crippen LogP contribution < -0.4 is 10.6 Å². The van der Waals surface area contributed by atoms with Gasteiger partial charge in [0.2, 0.25) is 0 Å². The molecule has 7 heteroatoms. The largest absolute Gasteiger partial charge is 0.355 e. The Kier molecular flexibility index (Phi) is 6.45. The molecule has 2 N–H and O–H groups in total. The Morgan fingerprint density at radius 2 is 2.24 bits per heavy atom. The van der Waals surface area contributed by atoms with Crippen LogP contribution in [0.2, 0.25) is 0 Å². The molecular weight excluding hydrogens is 350 g/mol. The lowest BCUT2D eigenvalue weighted by Crippen LogP contribution is -2.42. The highest BCUT2D eigenvalue weighted by Crippen LogP contribution is 2.23. The predicted molar refractivity (Wildman–Crippen MR) is 108 cm³/mol. The molecule has 0 aromatic carbocycles. The van der Waals surface area contributed by atoms with Gasteiger partial charge in [0.05, 0.1) is 12.2 Å². The predicted octanol–water partition coefficient (Wildman–Crippen LogP) is 3.05. The number of hydrogen-bond acceptors (Lipinski definition) is 5. The molecule has 0 radical (unpaired) electrons. The lowest BCUT2D eigenvalue weighted by molar-refractivity contribution is 0.260. The molecule has 0 amide bonds. The van der Waals surface area contributed by atoms with E-state index in [9.17, 15) is 0 Å². The van der Waals surface area contributed by atoms with Crippen molar-refractivity contribution in [2.75, 3.05) is 26.7 Å². The van der Waals surface area contributed by atoms with Gasteiger partial charge in [-0.25, -0.2) is 4.98 Å². The fraction of sp³-hybridized carbons (Fsp3) is 0.556. The third-order valence-corrected chi connectivity index (χ3v) is 6.29. The van der Waals surface area contributed by atoms with Crippen LogP contribution in [0, 0.1) is 0 Å². The number of nitrogens with zero attached hydrogens (tertiary/aromatic N) is 3. The summed E-state index contributed by atoms with van der Waals surface area (Å²) in [5, 5.41) is 12.2. The maximum absolute atomic E-state index is 4.65. The first-order valence-corrected chi connectivity index (χ1v) is 10.6. The highest BCUT2D eigenvalue weighted by atomic mass is 32.1. The van der Waals surface area contributed by atoms with Crippen molar-refractivity contribution in [3.8, 4) is 0 Å². The summed E-state index contributed by atoms with van der Waals surface area (Å²) in [6.07, 6.45) is 1.18. The van der Waals surface area contributed by atoms with Gasteiger partial charge < -0.3 is 10.6 Å². The van der Waals surface area contributed by atoms with Crippen molar-refractivity contribution in [2.45, 2.75) is 39.3 Å². The van der Waals surface area contributed by atoms with Crippen LogP contribution in [0.5, 0.6) is 0 Å². The molecule has 0 atom stereocenters. The van der Waals surface area contributed by atoms with Gasteiger partial charge in [-0.15, -0.1) is 22.7 Å². The minimum atomic E-state index is 0.482. The average molecular weight is 378 g/mol. The van der Waals surface area contributed by atoms with Crippen LogP contribution in [0.3, 0.4) is 0 Å². The lowest BCUT2D eigenvalue weighted by atomic mass is 10.1. The van der Waals surface area contributed by atoms with E-state index in [0.29, 0.717) is 5.92 Å². The second kappa shape index (κ2) is 8.78. The van der Waals surface area contributed by atoms with Crippen molar-refractivity contribution in [3.63, 3.8) is 0 Å². The molecule has 2 aromatic rings. The van der Waals surface area contributed by atoms with E-state index in [1.165, 1.54) is 17.7 Å². The number of hydrogen-bond donors (Lipinski definition) is 2. The van der Waals surface area contributed by atoms with Gasteiger partial charge in [-0.05, 0) is 29.3 Å². The zero-order valence-corrected chi connectivity index (χ0v) is 16.8. The van der Waals surface area contributed by atoms with Crippen LogP contribution in [-0.4, -0.2) is 42.5 Å². The summed E-state index contributed by atoms with van der Waals surface area (Å²) in [4.78, 5) is 13.0. The van der Waals surface area contributed by atoms with E-state index in [1.54, 1.807) is 16.2 Å². The van der Waals surface area contributed by atoms with Crippen molar-refractivity contribution < 1.29 is 0 Å². The summed E-state index contributed by atoms with van der Waals surface area (Å²) in [5.74, 6) is 1.32. The molecule has 2 aromatic heterocycles. The average Bonchev–Trinajstić information content (AvgIpc) is 3.26. The molecule has 0 bridgehead atoms. The summed E-state index contributed by atoms with van der Waals surface area (Å²) in [6.45, 7) is 9.22. The van der Waals surface area contributed by atoms with Crippen LogP contribution in [0.1, 0.15) is 40.9 Å². The molecule has 0 saturated carbocycles. The fourth-order valence-electron chi connectivity index (χ4n) is 2.88. The normalized spacial score (nSPS) is 15.4. The zero-order chi connectivity index (χ0) is 17.6. The number of guanidine groups is 1. The number of nitrogens with one attached hydrogen (secondary N) is 2. The third-order valence-electron chi connectivity index (χ3n) is 4.40. The summed E-state index contributed by atoms with van der Waals surface area (Å²) in [5.41, 5.74) is 2.67. The number of rotatable bonds is 6. The first kappa shape index (κ1) is 18.4. The van der Waals surface area contributed by atoms with Gasteiger partial charge in [0.1, 0.15) is 5.01 Å². The minimum Gasteiger partial charge on any atom is -0.355 e. The molecule has 0 fully saturated rings. The van der Waals surface area contributed by atoms with Gasteiger partial charge in [0, 0.05) is 43.5 Å². The first-order chi connectivity index (χ1) is 12.2. The molecule has 1 aliphatic rings. The summed E-state index contributed by atoms with van der Waals surface area (Å²) in [6, 6.07) is 2.26. The van der Waals surface area contributed by atoms with E-state index in [2.05, 4.69) is 56.2 Å². The van der Waals surface area contributed by atoms with Crippen LogP contribution in [0.25, 0.3) is 0 Å². The Morgan fingerprint density at radius 1 is 1.36 bits per heavy atom. The molecule has 3 rings (SSSR count). The Morgan fingerprint density at radius 3 is 3.00 bits per heavy atom. The SMILES string of the molecule is CN=C(NCCN1CCc2sccc2C1)NCc1nc(C(C)C)cs1. The smallest absolute Gasteiger partial charge is 0.191 e. The van der Waals surface area contributed by atoms with E-state index in [0.717, 1.165) is 43.7 Å². The number of thiazole rings is 1. The molecule has 25 heavy (non-hydrogen) atoms. The second-order valence-electron chi connectivity index (χ2n) is 6.57. The Labute approximate surface area is 158 Å². The van der Waals surface area contributed by atoms with E-state index in [-0.39, 0.29) is 0 Å². The number of thiophene rings is 1. The van der Waals surface area contributed by atoms with Crippen LogP contribution >= 0.6 is 22.7 Å².